The van der Waals surface area contributed by atoms with E-state index in [0.717, 1.165) is 34.8 Å². The van der Waals surface area contributed by atoms with Crippen LogP contribution in [0.3, 0.4) is 0 Å². The van der Waals surface area contributed by atoms with Crippen LogP contribution in [0.15, 0.2) is 48.5 Å². The number of rotatable bonds is 3. The molecule has 0 aliphatic rings. The second kappa shape index (κ2) is 4.96. The number of fused-ring (bicyclic) bond motifs is 3. The first kappa shape index (κ1) is 13.0. The molecule has 0 atom stereocenters. The highest BCUT2D eigenvalue weighted by Crippen LogP contribution is 2.26. The maximum absolute atomic E-state index is 5.67. The van der Waals surface area contributed by atoms with Crippen molar-refractivity contribution in [1.82, 2.24) is 19.2 Å². The molecule has 2 N–H and O–H groups in total. The fraction of sp³-hybridized carbons (Fsp3) is 0.176. The van der Waals surface area contributed by atoms with Gasteiger partial charge >= 0.3 is 0 Å². The molecular formula is C17H17N5. The molecule has 0 saturated heterocycles. The topological polar surface area (TPSA) is 61.1 Å². The van der Waals surface area contributed by atoms with Gasteiger partial charge in [-0.05, 0) is 24.6 Å². The van der Waals surface area contributed by atoms with E-state index >= 15 is 0 Å². The minimum absolute atomic E-state index is 0.546. The van der Waals surface area contributed by atoms with Crippen molar-refractivity contribution < 1.29 is 0 Å². The van der Waals surface area contributed by atoms with Crippen LogP contribution in [0.4, 0.5) is 0 Å². The average molecular weight is 291 g/mol. The lowest BCUT2D eigenvalue weighted by Gasteiger charge is -2.01. The second-order valence-corrected chi connectivity index (χ2v) is 5.29. The van der Waals surface area contributed by atoms with E-state index in [-0.39, 0.29) is 0 Å². The summed E-state index contributed by atoms with van der Waals surface area (Å²) in [5, 5.41) is 8.80. The van der Waals surface area contributed by atoms with Crippen LogP contribution in [-0.4, -0.2) is 19.2 Å². The molecule has 110 valence electrons. The van der Waals surface area contributed by atoms with Crippen LogP contribution in [0.2, 0.25) is 0 Å². The maximum atomic E-state index is 5.67. The van der Waals surface area contributed by atoms with Crippen molar-refractivity contribution in [3.63, 3.8) is 0 Å². The van der Waals surface area contributed by atoms with Gasteiger partial charge in [-0.3, -0.25) is 4.40 Å². The highest BCUT2D eigenvalue weighted by atomic mass is 15.3. The summed E-state index contributed by atoms with van der Waals surface area (Å²) in [5.41, 5.74) is 10.1. The Labute approximate surface area is 128 Å². The van der Waals surface area contributed by atoms with Gasteiger partial charge in [0.15, 0.2) is 5.82 Å². The van der Waals surface area contributed by atoms with Crippen LogP contribution in [0.25, 0.3) is 28.2 Å². The van der Waals surface area contributed by atoms with Gasteiger partial charge in [-0.1, -0.05) is 36.4 Å². The molecule has 4 aromatic rings. The van der Waals surface area contributed by atoms with E-state index in [0.29, 0.717) is 6.54 Å². The molecule has 0 amide bonds. The smallest absolute Gasteiger partial charge is 0.236 e. The number of benzene rings is 2. The van der Waals surface area contributed by atoms with Gasteiger partial charge in [0.1, 0.15) is 0 Å². The fourth-order valence-corrected chi connectivity index (χ4v) is 2.95. The highest BCUT2D eigenvalue weighted by Gasteiger charge is 2.16. The first-order valence-corrected chi connectivity index (χ1v) is 7.45. The molecule has 2 aromatic carbocycles. The van der Waals surface area contributed by atoms with E-state index in [9.17, 15) is 0 Å². The summed E-state index contributed by atoms with van der Waals surface area (Å²) in [4.78, 5) is 0. The van der Waals surface area contributed by atoms with E-state index < -0.39 is 0 Å². The summed E-state index contributed by atoms with van der Waals surface area (Å²) in [6, 6.07) is 16.5. The number of nitrogens with two attached hydrogens (primary N) is 1. The van der Waals surface area contributed by atoms with Crippen LogP contribution in [0.5, 0.6) is 0 Å². The van der Waals surface area contributed by atoms with E-state index in [2.05, 4.69) is 56.4 Å². The summed E-state index contributed by atoms with van der Waals surface area (Å²) in [6.07, 6.45) is 0. The minimum atomic E-state index is 0.546. The van der Waals surface area contributed by atoms with Crippen molar-refractivity contribution in [2.75, 3.05) is 0 Å². The van der Waals surface area contributed by atoms with Crippen molar-refractivity contribution in [3.8, 4) is 11.4 Å². The highest BCUT2D eigenvalue weighted by molar-refractivity contribution is 5.83. The predicted octanol–water partition coefficient (Wildman–Crippen LogP) is 2.83. The lowest BCUT2D eigenvalue weighted by Crippen LogP contribution is -1.96. The molecule has 0 saturated carbocycles. The van der Waals surface area contributed by atoms with Crippen LogP contribution in [-0.2, 0) is 13.1 Å². The van der Waals surface area contributed by atoms with Gasteiger partial charge in [0.05, 0.1) is 11.0 Å². The summed E-state index contributed by atoms with van der Waals surface area (Å²) in [7, 11) is 0. The van der Waals surface area contributed by atoms with Crippen LogP contribution < -0.4 is 5.73 Å². The summed E-state index contributed by atoms with van der Waals surface area (Å²) in [6.45, 7) is 3.53. The molecule has 5 nitrogen and oxygen atoms in total. The zero-order valence-electron chi connectivity index (χ0n) is 12.4. The standard InChI is InChI=1S/C17H17N5/c1-2-21-14-5-3-4-6-15(14)22-16(19-20-17(21)22)13-9-7-12(11-18)8-10-13/h3-10H,2,11,18H2,1H3. The number of hydrogen-bond acceptors (Lipinski definition) is 3. The molecule has 0 unspecified atom stereocenters. The molecule has 2 aromatic heterocycles. The zero-order chi connectivity index (χ0) is 15.1. The quantitative estimate of drug-likeness (QED) is 0.631. The molecule has 0 radical (unpaired) electrons. The molecule has 2 heterocycles. The lowest BCUT2D eigenvalue weighted by molar-refractivity contribution is 0.803. The Hall–Kier alpha value is -2.66. The molecule has 0 fully saturated rings. The third kappa shape index (κ3) is 1.76. The van der Waals surface area contributed by atoms with Gasteiger partial charge in [-0.2, -0.15) is 0 Å². The summed E-state index contributed by atoms with van der Waals surface area (Å²) >= 11 is 0. The third-order valence-electron chi connectivity index (χ3n) is 4.06. The third-order valence-corrected chi connectivity index (χ3v) is 4.06. The largest absolute Gasteiger partial charge is 0.326 e. The van der Waals surface area contributed by atoms with Crippen LogP contribution in [0.1, 0.15) is 12.5 Å². The Morgan fingerprint density at radius 1 is 0.955 bits per heavy atom. The molecule has 0 bridgehead atoms. The van der Waals surface area contributed by atoms with Crippen LogP contribution in [0, 0.1) is 0 Å². The maximum Gasteiger partial charge on any atom is 0.236 e. The SMILES string of the molecule is CCn1c2ccccc2n2c(-c3ccc(CN)cc3)nnc12. The predicted molar refractivity (Wildman–Crippen MR) is 87.5 cm³/mol. The van der Waals surface area contributed by atoms with E-state index in [4.69, 9.17) is 5.73 Å². The van der Waals surface area contributed by atoms with Crippen LogP contribution >= 0.6 is 0 Å². The van der Waals surface area contributed by atoms with E-state index in [1.165, 1.54) is 5.52 Å². The fourth-order valence-electron chi connectivity index (χ4n) is 2.95. The van der Waals surface area contributed by atoms with Gasteiger partial charge in [-0.15, -0.1) is 10.2 Å². The van der Waals surface area contributed by atoms with Crippen molar-refractivity contribution >= 4 is 16.8 Å². The number of aryl methyl sites for hydroxylation is 1. The molecule has 22 heavy (non-hydrogen) atoms. The van der Waals surface area contributed by atoms with Crippen molar-refractivity contribution in [1.29, 1.82) is 0 Å². The van der Waals surface area contributed by atoms with E-state index in [1.807, 2.05) is 18.2 Å². The number of hydrogen-bond donors (Lipinski definition) is 1. The Morgan fingerprint density at radius 3 is 2.36 bits per heavy atom. The zero-order valence-corrected chi connectivity index (χ0v) is 12.4. The minimum Gasteiger partial charge on any atom is -0.326 e. The average Bonchev–Trinajstić information content (AvgIpc) is 3.13. The Bertz CT molecular complexity index is 946. The van der Waals surface area contributed by atoms with Gasteiger partial charge in [0.2, 0.25) is 5.78 Å². The first-order chi connectivity index (χ1) is 10.8. The second-order valence-electron chi connectivity index (χ2n) is 5.29. The van der Waals surface area contributed by atoms with Gasteiger partial charge in [0.25, 0.3) is 0 Å². The lowest BCUT2D eigenvalue weighted by atomic mass is 10.1. The van der Waals surface area contributed by atoms with E-state index in [1.54, 1.807) is 0 Å². The van der Waals surface area contributed by atoms with Crippen molar-refractivity contribution in [3.05, 3.63) is 54.1 Å². The van der Waals surface area contributed by atoms with Gasteiger partial charge in [0, 0.05) is 18.7 Å². The molecule has 4 rings (SSSR count). The molecule has 0 aliphatic carbocycles. The number of para-hydroxylation sites is 2. The Morgan fingerprint density at radius 2 is 1.68 bits per heavy atom. The number of aromatic nitrogens is 4. The monoisotopic (exact) mass is 291 g/mol. The van der Waals surface area contributed by atoms with Crippen molar-refractivity contribution in [2.45, 2.75) is 20.0 Å². The molecule has 0 spiro atoms. The molecule has 5 heteroatoms. The number of imidazole rings is 1. The van der Waals surface area contributed by atoms with Gasteiger partial charge in [-0.25, -0.2) is 0 Å². The van der Waals surface area contributed by atoms with Crippen molar-refractivity contribution in [2.24, 2.45) is 5.73 Å². The first-order valence-electron chi connectivity index (χ1n) is 7.45. The normalized spacial score (nSPS) is 11.5. The Kier molecular flexibility index (Phi) is 2.94. The Balaban J connectivity index is 2.02. The molecule has 0 aliphatic heterocycles. The summed E-state index contributed by atoms with van der Waals surface area (Å²) < 4.78 is 4.30. The van der Waals surface area contributed by atoms with Gasteiger partial charge < -0.3 is 10.3 Å². The number of nitrogens with zero attached hydrogens (tertiary/aromatic N) is 4. The summed E-state index contributed by atoms with van der Waals surface area (Å²) in [5.74, 6) is 1.74. The molecular weight excluding hydrogens is 274 g/mol.